The molecule has 0 aromatic heterocycles. The van der Waals surface area contributed by atoms with Crippen LogP contribution in [0.1, 0.15) is 88.1 Å². The zero-order chi connectivity index (χ0) is 55.3. The summed E-state index contributed by atoms with van der Waals surface area (Å²) in [6.07, 6.45) is -43.7. The average Bonchev–Trinajstić information content (AvgIpc) is 3.24. The fraction of sp³-hybridized carbons (Fsp3) is 0.348. The number of benzene rings is 5. The van der Waals surface area contributed by atoms with Crippen molar-refractivity contribution in [1.82, 2.24) is 0 Å². The first-order chi connectivity index (χ1) is 33.0. The van der Waals surface area contributed by atoms with E-state index < -0.39 is 195 Å². The van der Waals surface area contributed by atoms with Gasteiger partial charge in [0.15, 0.2) is 16.9 Å². The molecule has 0 heterocycles. The maximum absolute atomic E-state index is 14.2. The Bertz CT molecular complexity index is 2280. The van der Waals surface area contributed by atoms with E-state index in [1.807, 2.05) is 0 Å². The zero-order valence-corrected chi connectivity index (χ0v) is 37.6. The smallest absolute Gasteiger partial charge is 0.287 e. The molecule has 0 saturated heterocycles. The minimum absolute atomic E-state index is 0.0221. The van der Waals surface area contributed by atoms with Gasteiger partial charge in [0.25, 0.3) is 0 Å². The number of alkyl halides is 24. The van der Waals surface area contributed by atoms with Crippen molar-refractivity contribution in [3.8, 4) is 5.75 Å². The van der Waals surface area contributed by atoms with Crippen molar-refractivity contribution < 1.29 is 110 Å². The van der Waals surface area contributed by atoms with E-state index in [1.54, 1.807) is 0 Å². The molecule has 0 atom stereocenters. The predicted molar refractivity (Wildman–Crippen MR) is 222 cm³/mol. The number of hydrogen-bond acceptors (Lipinski definition) is 1. The van der Waals surface area contributed by atoms with Crippen LogP contribution in [0.2, 0.25) is 0 Å². The minimum atomic E-state index is -6.13. The minimum Gasteiger partial charge on any atom is -0.287 e. The van der Waals surface area contributed by atoms with Crippen molar-refractivity contribution in [2.24, 2.45) is 0 Å². The van der Waals surface area contributed by atoms with Gasteiger partial charge in [0, 0.05) is 0 Å². The summed E-state index contributed by atoms with van der Waals surface area (Å²) in [7, 11) is 0. The van der Waals surface area contributed by atoms with Crippen LogP contribution in [0.15, 0.2) is 97.1 Å². The Labute approximate surface area is 401 Å². The lowest BCUT2D eigenvalue weighted by atomic mass is 9.12. The van der Waals surface area contributed by atoms with Crippen LogP contribution in [0.3, 0.4) is 0 Å². The fourth-order valence-corrected chi connectivity index (χ4v) is 8.99. The molecule has 27 heteroatoms. The third-order valence-electron chi connectivity index (χ3n) is 11.7. The highest BCUT2D eigenvalue weighted by molar-refractivity contribution is 7.91. The first-order valence-electron chi connectivity index (χ1n) is 20.7. The van der Waals surface area contributed by atoms with Crippen LogP contribution in [0.25, 0.3) is 0 Å². The molecule has 0 radical (unpaired) electrons. The van der Waals surface area contributed by atoms with Gasteiger partial charge in [-0.3, -0.25) is 4.18 Å². The molecule has 0 amide bonds. The topological polar surface area (TPSA) is 9.23 Å². The van der Waals surface area contributed by atoms with Crippen molar-refractivity contribution in [3.63, 3.8) is 0 Å². The first kappa shape index (κ1) is 58.5. The molecule has 400 valence electrons. The summed E-state index contributed by atoms with van der Waals surface area (Å²) in [4.78, 5) is 0. The summed E-state index contributed by atoms with van der Waals surface area (Å²) in [6.45, 7) is 0. The highest BCUT2D eigenvalue weighted by atomic mass is 32.2. The van der Waals surface area contributed by atoms with Crippen LogP contribution in [0, 0.1) is 0 Å². The maximum Gasteiger partial charge on any atom is 0.416 e. The second-order valence-corrected chi connectivity index (χ2v) is 18.6. The molecular formula is C46H33BF24OS. The average molecular weight is 1100 g/mol. The quantitative estimate of drug-likeness (QED) is 0.0897. The van der Waals surface area contributed by atoms with E-state index in [0.29, 0.717) is 0 Å². The van der Waals surface area contributed by atoms with Gasteiger partial charge in [-0.05, 0) is 60.7 Å². The van der Waals surface area contributed by atoms with E-state index >= 15 is 0 Å². The molecule has 1 saturated carbocycles. The van der Waals surface area contributed by atoms with Crippen LogP contribution in [-0.2, 0) is 60.6 Å². The highest BCUT2D eigenvalue weighted by Gasteiger charge is 2.47. The van der Waals surface area contributed by atoms with Gasteiger partial charge < -0.3 is 0 Å². The fourth-order valence-electron chi connectivity index (χ4n) is 8.49. The Morgan fingerprint density at radius 1 is 0.342 bits per heavy atom. The Kier molecular flexibility index (Phi) is 16.4. The molecule has 0 N–H and O–H groups in total. The zero-order valence-electron chi connectivity index (χ0n) is 36.8. The molecule has 1 aliphatic carbocycles. The van der Waals surface area contributed by atoms with Gasteiger partial charge in [-0.2, -0.15) is 127 Å². The second-order valence-electron chi connectivity index (χ2n) is 17.0. The molecule has 1 fully saturated rings. The lowest BCUT2D eigenvalue weighted by Gasteiger charge is -2.46. The van der Waals surface area contributed by atoms with Gasteiger partial charge in [0.2, 0.25) is 0 Å². The van der Waals surface area contributed by atoms with Crippen molar-refractivity contribution in [1.29, 1.82) is 0 Å². The molecular weight excluding hydrogens is 1070 g/mol. The SMILES string of the molecule is C[S+](C)Oc1ccc(C2CCCCC2)cc1.FC(F)(F)c1cc([B-](c2cc(C(F)(F)F)cc(C(F)(F)F)c2)(c2cc(C(F)(F)F)cc(C(F)(F)F)c2)c2cc(C(F)(F)F)cc(C(F)(F)F)c2)cc(C(F)(F)F)c1. The Morgan fingerprint density at radius 3 is 0.753 bits per heavy atom. The predicted octanol–water partition coefficient (Wildman–Crippen LogP) is 15.1. The largest absolute Gasteiger partial charge is 0.416 e. The Morgan fingerprint density at radius 2 is 0.562 bits per heavy atom. The standard InChI is InChI=1S/C32H12BF24.C14H21OS/c34-25(35,36)13-1-14(26(37,38)39)6-21(5-13)33(22-7-15(27(40,41)42)2-16(8-22)28(43,44)45,23-9-17(29(46,47)48)3-18(10-23)30(49,50)51)24-11-19(31(52,53)54)4-20(12-24)32(55,56)57;1-16(2)15-14-10-8-13(9-11-14)12-6-4-3-5-7-12/h1-12H;8-12H,3-7H2,1-2H3/q-1;+1. The number of rotatable bonds is 7. The van der Waals surface area contributed by atoms with Gasteiger partial charge in [-0.1, -0.05) is 79.9 Å². The third-order valence-corrected chi connectivity index (χ3v) is 12.2. The molecule has 1 aliphatic rings. The number of halogens is 24. The molecule has 1 nitrogen and oxygen atoms in total. The summed E-state index contributed by atoms with van der Waals surface area (Å²) < 4.78 is 347. The monoisotopic (exact) mass is 1100 g/mol. The summed E-state index contributed by atoms with van der Waals surface area (Å²) in [5.74, 6) is 1.80. The maximum atomic E-state index is 14.2. The molecule has 0 aliphatic heterocycles. The van der Waals surface area contributed by atoms with Crippen molar-refractivity contribution in [3.05, 3.63) is 147 Å². The van der Waals surface area contributed by atoms with Crippen LogP contribution >= 0.6 is 0 Å². The van der Waals surface area contributed by atoms with Gasteiger partial charge in [-0.15, -0.1) is 0 Å². The molecule has 6 rings (SSSR count). The van der Waals surface area contributed by atoms with Gasteiger partial charge in [0.05, 0.1) is 44.5 Å². The van der Waals surface area contributed by atoms with Crippen LogP contribution in [0.5, 0.6) is 5.75 Å². The summed E-state index contributed by atoms with van der Waals surface area (Å²) in [6, 6.07) is -0.0700. The summed E-state index contributed by atoms with van der Waals surface area (Å²) in [5.41, 5.74) is -28.7. The molecule has 0 unspecified atom stereocenters. The van der Waals surface area contributed by atoms with E-state index in [1.165, 1.54) is 37.7 Å². The van der Waals surface area contributed by atoms with E-state index in [0.717, 1.165) is 11.7 Å². The van der Waals surface area contributed by atoms with Crippen molar-refractivity contribution in [2.75, 3.05) is 12.5 Å². The first-order valence-corrected chi connectivity index (χ1v) is 22.7. The van der Waals surface area contributed by atoms with Crippen molar-refractivity contribution >= 4 is 39.2 Å². The van der Waals surface area contributed by atoms with Crippen molar-refractivity contribution in [2.45, 2.75) is 87.4 Å². The highest BCUT2D eigenvalue weighted by Crippen LogP contribution is 2.42. The van der Waals surface area contributed by atoms with Crippen LogP contribution in [0.4, 0.5) is 105 Å². The Balaban J connectivity index is 0.000000520. The normalized spacial score (nSPS) is 15.1. The van der Waals surface area contributed by atoms with Gasteiger partial charge in [-0.25, -0.2) is 0 Å². The van der Waals surface area contributed by atoms with E-state index in [4.69, 9.17) is 4.18 Å². The summed E-state index contributed by atoms with van der Waals surface area (Å²) >= 11 is 0.0221. The lowest BCUT2D eigenvalue weighted by Crippen LogP contribution is -2.75. The molecule has 0 bridgehead atoms. The summed E-state index contributed by atoms with van der Waals surface area (Å²) in [5, 5.41) is 0. The van der Waals surface area contributed by atoms with Gasteiger partial charge in [0.1, 0.15) is 18.7 Å². The molecule has 0 spiro atoms. The second kappa shape index (κ2) is 20.4. The van der Waals surface area contributed by atoms with Crippen LogP contribution < -0.4 is 26.0 Å². The molecule has 5 aromatic carbocycles. The van der Waals surface area contributed by atoms with E-state index in [-0.39, 0.29) is 11.2 Å². The third kappa shape index (κ3) is 14.1. The molecule has 73 heavy (non-hydrogen) atoms. The Hall–Kier alpha value is -5.37. The lowest BCUT2D eigenvalue weighted by molar-refractivity contribution is -0.144. The van der Waals surface area contributed by atoms with Crippen LogP contribution in [-0.4, -0.2) is 18.7 Å². The van der Waals surface area contributed by atoms with E-state index in [9.17, 15) is 105 Å². The number of hydrogen-bond donors (Lipinski definition) is 0. The van der Waals surface area contributed by atoms with Gasteiger partial charge >= 0.3 is 49.4 Å². The van der Waals surface area contributed by atoms with E-state index in [2.05, 4.69) is 36.8 Å². The molecule has 5 aromatic rings.